The maximum Gasteiger partial charge on any atom is 0.240 e. The molecule has 0 aliphatic carbocycles. The molecule has 1 aromatic rings. The maximum absolute atomic E-state index is 11.8. The van der Waals surface area contributed by atoms with Gasteiger partial charge in [0.25, 0.3) is 0 Å². The second-order valence-corrected chi connectivity index (χ2v) is 6.54. The van der Waals surface area contributed by atoms with Crippen LogP contribution in [0.15, 0.2) is 17.5 Å². The van der Waals surface area contributed by atoms with E-state index in [0.29, 0.717) is 19.7 Å². The molecule has 1 aliphatic rings. The van der Waals surface area contributed by atoms with Crippen molar-refractivity contribution < 1.29 is 14.6 Å². The second-order valence-electron chi connectivity index (χ2n) is 5.51. The molecule has 0 radical (unpaired) electrons. The SMILES string of the molecule is CC1(C)C(=O)NCCN1CC(O)COCc1cccs1. The first-order valence-electron chi connectivity index (χ1n) is 6.81. The van der Waals surface area contributed by atoms with E-state index in [9.17, 15) is 9.90 Å². The molecule has 1 amide bonds. The predicted molar refractivity (Wildman–Crippen MR) is 78.6 cm³/mol. The lowest BCUT2D eigenvalue weighted by atomic mass is 9.98. The molecule has 2 N–H and O–H groups in total. The Hall–Kier alpha value is -0.950. The Morgan fingerprint density at radius 1 is 1.60 bits per heavy atom. The zero-order valence-electron chi connectivity index (χ0n) is 12.0. The molecule has 112 valence electrons. The Labute approximate surface area is 123 Å². The molecule has 1 unspecified atom stereocenters. The van der Waals surface area contributed by atoms with Crippen molar-refractivity contribution in [3.63, 3.8) is 0 Å². The molecule has 1 saturated heterocycles. The summed E-state index contributed by atoms with van der Waals surface area (Å²) in [7, 11) is 0. The minimum Gasteiger partial charge on any atom is -0.389 e. The lowest BCUT2D eigenvalue weighted by molar-refractivity contribution is -0.136. The number of β-amino-alcohol motifs (C(OH)–C–C–N with tert-alkyl or cyclic N) is 1. The molecule has 0 aromatic carbocycles. The van der Waals surface area contributed by atoms with Gasteiger partial charge in [0.1, 0.15) is 0 Å². The Morgan fingerprint density at radius 2 is 2.40 bits per heavy atom. The van der Waals surface area contributed by atoms with Crippen molar-refractivity contribution >= 4 is 17.2 Å². The number of thiophene rings is 1. The van der Waals surface area contributed by atoms with E-state index in [0.717, 1.165) is 11.4 Å². The number of nitrogens with zero attached hydrogens (tertiary/aromatic N) is 1. The highest BCUT2D eigenvalue weighted by molar-refractivity contribution is 7.09. The molecule has 2 rings (SSSR count). The smallest absolute Gasteiger partial charge is 0.240 e. The van der Waals surface area contributed by atoms with Crippen LogP contribution in [0.2, 0.25) is 0 Å². The number of hydrogen-bond acceptors (Lipinski definition) is 5. The highest BCUT2D eigenvalue weighted by atomic mass is 32.1. The standard InChI is InChI=1S/C14H22N2O3S/c1-14(2)13(18)15-5-6-16(14)8-11(17)9-19-10-12-4-3-7-20-12/h3-4,7,11,17H,5-6,8-10H2,1-2H3,(H,15,18). The highest BCUT2D eigenvalue weighted by Crippen LogP contribution is 2.18. The van der Waals surface area contributed by atoms with Gasteiger partial charge in [0, 0.05) is 24.5 Å². The van der Waals surface area contributed by atoms with E-state index in [-0.39, 0.29) is 12.5 Å². The third kappa shape index (κ3) is 3.79. The van der Waals surface area contributed by atoms with Gasteiger partial charge in [0.05, 0.1) is 24.9 Å². The number of hydrogen-bond donors (Lipinski definition) is 2. The van der Waals surface area contributed by atoms with Gasteiger partial charge in [-0.15, -0.1) is 11.3 Å². The van der Waals surface area contributed by atoms with Crippen LogP contribution in [-0.4, -0.2) is 53.8 Å². The molecule has 1 aliphatic heterocycles. The first-order chi connectivity index (χ1) is 9.50. The summed E-state index contributed by atoms with van der Waals surface area (Å²) in [5, 5.41) is 14.9. The fourth-order valence-electron chi connectivity index (χ4n) is 2.26. The van der Waals surface area contributed by atoms with Crippen LogP contribution in [0.1, 0.15) is 18.7 Å². The van der Waals surface area contributed by atoms with E-state index in [2.05, 4.69) is 5.32 Å². The Kier molecular flexibility index (Phi) is 5.15. The molecule has 1 aromatic heterocycles. The van der Waals surface area contributed by atoms with E-state index in [1.807, 2.05) is 36.3 Å². The van der Waals surface area contributed by atoms with Gasteiger partial charge >= 0.3 is 0 Å². The van der Waals surface area contributed by atoms with Gasteiger partial charge in [-0.1, -0.05) is 6.07 Å². The maximum atomic E-state index is 11.8. The fourth-order valence-corrected chi connectivity index (χ4v) is 2.90. The van der Waals surface area contributed by atoms with Crippen LogP contribution in [0.4, 0.5) is 0 Å². The summed E-state index contributed by atoms with van der Waals surface area (Å²) in [5.41, 5.74) is -0.576. The van der Waals surface area contributed by atoms with E-state index in [1.165, 1.54) is 0 Å². The normalized spacial score (nSPS) is 20.6. The van der Waals surface area contributed by atoms with Crippen molar-refractivity contribution in [3.05, 3.63) is 22.4 Å². The molecule has 1 fully saturated rings. The lowest BCUT2D eigenvalue weighted by Gasteiger charge is -2.41. The van der Waals surface area contributed by atoms with E-state index < -0.39 is 11.6 Å². The molecule has 2 heterocycles. The van der Waals surface area contributed by atoms with Crippen molar-refractivity contribution in [1.82, 2.24) is 10.2 Å². The Balaban J connectivity index is 1.76. The summed E-state index contributed by atoms with van der Waals surface area (Å²) in [6.45, 7) is 6.39. The number of piperazine rings is 1. The summed E-state index contributed by atoms with van der Waals surface area (Å²) in [5.74, 6) is 0.00968. The number of amides is 1. The Morgan fingerprint density at radius 3 is 3.10 bits per heavy atom. The minimum atomic E-state index is -0.583. The van der Waals surface area contributed by atoms with Crippen LogP contribution in [0.25, 0.3) is 0 Å². The average molecular weight is 298 g/mol. The van der Waals surface area contributed by atoms with Gasteiger partial charge in [0.2, 0.25) is 5.91 Å². The lowest BCUT2D eigenvalue weighted by Crippen LogP contribution is -2.63. The molecule has 6 heteroatoms. The molecule has 1 atom stereocenters. The number of carbonyl (C=O) groups is 1. The van der Waals surface area contributed by atoms with Gasteiger partial charge in [0.15, 0.2) is 0 Å². The van der Waals surface area contributed by atoms with Crippen molar-refractivity contribution in [1.29, 1.82) is 0 Å². The summed E-state index contributed by atoms with van der Waals surface area (Å²) in [6, 6.07) is 3.99. The quantitative estimate of drug-likeness (QED) is 0.817. The molecular formula is C14H22N2O3S. The molecule has 5 nitrogen and oxygen atoms in total. The monoisotopic (exact) mass is 298 g/mol. The molecule has 0 spiro atoms. The zero-order valence-corrected chi connectivity index (χ0v) is 12.8. The molecule has 0 saturated carbocycles. The third-order valence-electron chi connectivity index (χ3n) is 3.58. The van der Waals surface area contributed by atoms with Crippen LogP contribution in [0.5, 0.6) is 0 Å². The van der Waals surface area contributed by atoms with Crippen molar-refractivity contribution in [2.45, 2.75) is 32.1 Å². The molecular weight excluding hydrogens is 276 g/mol. The number of rotatable bonds is 6. The third-order valence-corrected chi connectivity index (χ3v) is 4.43. The highest BCUT2D eigenvalue weighted by Gasteiger charge is 2.38. The van der Waals surface area contributed by atoms with Gasteiger partial charge in [-0.25, -0.2) is 0 Å². The van der Waals surface area contributed by atoms with Crippen LogP contribution in [0.3, 0.4) is 0 Å². The van der Waals surface area contributed by atoms with Gasteiger partial charge in [-0.2, -0.15) is 0 Å². The molecule has 20 heavy (non-hydrogen) atoms. The summed E-state index contributed by atoms with van der Waals surface area (Å²) < 4.78 is 5.51. The first kappa shape index (κ1) is 15.4. The minimum absolute atomic E-state index is 0.00968. The summed E-state index contributed by atoms with van der Waals surface area (Å²) in [6.07, 6.45) is -0.583. The number of nitrogens with one attached hydrogen (secondary N) is 1. The van der Waals surface area contributed by atoms with Gasteiger partial charge < -0.3 is 15.2 Å². The fraction of sp³-hybridized carbons (Fsp3) is 0.643. The topological polar surface area (TPSA) is 61.8 Å². The molecule has 0 bridgehead atoms. The van der Waals surface area contributed by atoms with Crippen molar-refractivity contribution in [2.75, 3.05) is 26.2 Å². The van der Waals surface area contributed by atoms with Crippen molar-refractivity contribution in [3.8, 4) is 0 Å². The number of carbonyl (C=O) groups excluding carboxylic acids is 1. The number of aliphatic hydroxyl groups is 1. The average Bonchev–Trinajstić information content (AvgIpc) is 2.89. The largest absolute Gasteiger partial charge is 0.389 e. The summed E-state index contributed by atoms with van der Waals surface area (Å²) in [4.78, 5) is 15.0. The van der Waals surface area contributed by atoms with Crippen LogP contribution >= 0.6 is 11.3 Å². The van der Waals surface area contributed by atoms with E-state index >= 15 is 0 Å². The van der Waals surface area contributed by atoms with E-state index in [1.54, 1.807) is 11.3 Å². The Bertz CT molecular complexity index is 434. The van der Waals surface area contributed by atoms with Crippen molar-refractivity contribution in [2.24, 2.45) is 0 Å². The van der Waals surface area contributed by atoms with Crippen LogP contribution < -0.4 is 5.32 Å². The second kappa shape index (κ2) is 6.67. The van der Waals surface area contributed by atoms with E-state index in [4.69, 9.17) is 4.74 Å². The predicted octanol–water partition coefficient (Wildman–Crippen LogP) is 0.836. The first-order valence-corrected chi connectivity index (χ1v) is 7.69. The van der Waals surface area contributed by atoms with Gasteiger partial charge in [-0.05, 0) is 25.3 Å². The van der Waals surface area contributed by atoms with Crippen LogP contribution in [-0.2, 0) is 16.1 Å². The summed E-state index contributed by atoms with van der Waals surface area (Å²) >= 11 is 1.64. The number of aliphatic hydroxyl groups excluding tert-OH is 1. The van der Waals surface area contributed by atoms with Crippen LogP contribution in [0, 0.1) is 0 Å². The number of ether oxygens (including phenoxy) is 1. The van der Waals surface area contributed by atoms with Gasteiger partial charge in [-0.3, -0.25) is 9.69 Å². The zero-order chi connectivity index (χ0) is 14.6.